The Hall–Kier alpha value is -2.08. The van der Waals surface area contributed by atoms with Crippen LogP contribution >= 0.6 is 0 Å². The van der Waals surface area contributed by atoms with Crippen LogP contribution in [-0.4, -0.2) is 9.78 Å². The van der Waals surface area contributed by atoms with Crippen LogP contribution in [0, 0.1) is 11.6 Å². The molecule has 6 heteroatoms. The van der Waals surface area contributed by atoms with E-state index in [9.17, 15) is 13.6 Å². The van der Waals surface area contributed by atoms with E-state index in [0.717, 1.165) is 12.1 Å². The van der Waals surface area contributed by atoms with Crippen molar-refractivity contribution in [3.8, 4) is 0 Å². The summed E-state index contributed by atoms with van der Waals surface area (Å²) in [5.74, 6) is -1.89. The zero-order chi connectivity index (χ0) is 13.1. The Labute approximate surface area is 102 Å². The molecule has 1 aromatic heterocycles. The van der Waals surface area contributed by atoms with Crippen LogP contribution in [0.4, 0.5) is 8.78 Å². The monoisotopic (exact) mass is 251 g/mol. The fourth-order valence-corrected chi connectivity index (χ4v) is 1.56. The van der Waals surface area contributed by atoms with Crippen molar-refractivity contribution in [3.63, 3.8) is 0 Å². The third-order valence-corrected chi connectivity index (χ3v) is 2.53. The molecule has 0 saturated carbocycles. The van der Waals surface area contributed by atoms with Gasteiger partial charge in [0.15, 0.2) is 11.6 Å². The third kappa shape index (κ3) is 2.60. The number of hydrogen-bond acceptors (Lipinski definition) is 3. The van der Waals surface area contributed by atoms with Gasteiger partial charge in [-0.3, -0.25) is 4.79 Å². The molecule has 0 fully saturated rings. The lowest BCUT2D eigenvalue weighted by Gasteiger charge is -2.12. The van der Waals surface area contributed by atoms with Crippen molar-refractivity contribution in [2.24, 2.45) is 5.73 Å². The molecule has 0 aliphatic rings. The molecule has 2 rings (SSSR count). The van der Waals surface area contributed by atoms with Gasteiger partial charge in [-0.1, -0.05) is 6.07 Å². The molecule has 1 unspecified atom stereocenters. The molecular weight excluding hydrogens is 240 g/mol. The smallest absolute Gasteiger partial charge is 0.266 e. The minimum Gasteiger partial charge on any atom is -0.322 e. The molecule has 0 amide bonds. The number of benzene rings is 1. The number of hydrogen-bond donors (Lipinski definition) is 1. The summed E-state index contributed by atoms with van der Waals surface area (Å²) in [6, 6.07) is 5.65. The van der Waals surface area contributed by atoms with Crippen molar-refractivity contribution in [2.75, 3.05) is 0 Å². The first kappa shape index (κ1) is 12.4. The molecule has 0 saturated heterocycles. The Balaban J connectivity index is 2.22. The van der Waals surface area contributed by atoms with Crippen molar-refractivity contribution in [3.05, 3.63) is 64.1 Å². The highest BCUT2D eigenvalue weighted by molar-refractivity contribution is 5.20. The number of nitrogens with zero attached hydrogens (tertiary/aromatic N) is 2. The second-order valence-corrected chi connectivity index (χ2v) is 3.82. The fourth-order valence-electron chi connectivity index (χ4n) is 1.56. The SMILES string of the molecule is NC(Cn1ncccc1=O)c1ccc(F)c(F)c1. The summed E-state index contributed by atoms with van der Waals surface area (Å²) in [5, 5.41) is 3.84. The molecule has 4 nitrogen and oxygen atoms in total. The van der Waals surface area contributed by atoms with Crippen molar-refractivity contribution < 1.29 is 8.78 Å². The summed E-state index contributed by atoms with van der Waals surface area (Å²) in [6.07, 6.45) is 1.46. The Morgan fingerprint density at radius 2 is 2.06 bits per heavy atom. The van der Waals surface area contributed by atoms with Crippen molar-refractivity contribution >= 4 is 0 Å². The van der Waals surface area contributed by atoms with Crippen LogP contribution in [0.25, 0.3) is 0 Å². The molecule has 0 bridgehead atoms. The van der Waals surface area contributed by atoms with Crippen LogP contribution in [0.15, 0.2) is 41.3 Å². The van der Waals surface area contributed by atoms with E-state index >= 15 is 0 Å². The van der Waals surface area contributed by atoms with Crippen molar-refractivity contribution in [2.45, 2.75) is 12.6 Å². The number of aromatic nitrogens is 2. The molecule has 94 valence electrons. The predicted molar refractivity (Wildman–Crippen MR) is 61.8 cm³/mol. The highest BCUT2D eigenvalue weighted by Gasteiger charge is 2.11. The minimum absolute atomic E-state index is 0.102. The van der Waals surface area contributed by atoms with E-state index in [1.165, 1.54) is 29.1 Å². The van der Waals surface area contributed by atoms with Crippen LogP contribution in [0.2, 0.25) is 0 Å². The van der Waals surface area contributed by atoms with Crippen molar-refractivity contribution in [1.82, 2.24) is 9.78 Å². The minimum atomic E-state index is -0.962. The first-order valence-corrected chi connectivity index (χ1v) is 5.30. The maximum Gasteiger partial charge on any atom is 0.266 e. The lowest BCUT2D eigenvalue weighted by Crippen LogP contribution is -2.28. The van der Waals surface area contributed by atoms with E-state index in [1.807, 2.05) is 0 Å². The summed E-state index contributed by atoms with van der Waals surface area (Å²) in [7, 11) is 0. The number of nitrogens with two attached hydrogens (primary N) is 1. The quantitative estimate of drug-likeness (QED) is 0.892. The number of halogens is 2. The molecule has 2 aromatic rings. The topological polar surface area (TPSA) is 60.9 Å². The molecular formula is C12H11F2N3O. The molecule has 0 aliphatic heterocycles. The molecule has 0 spiro atoms. The van der Waals surface area contributed by atoms with Gasteiger partial charge in [-0.2, -0.15) is 5.10 Å². The van der Waals surface area contributed by atoms with Gasteiger partial charge < -0.3 is 5.73 Å². The van der Waals surface area contributed by atoms with Gasteiger partial charge in [0, 0.05) is 18.3 Å². The van der Waals surface area contributed by atoms with Crippen LogP contribution in [0.3, 0.4) is 0 Å². The molecule has 1 atom stereocenters. The number of rotatable bonds is 3. The van der Waals surface area contributed by atoms with Gasteiger partial charge >= 0.3 is 0 Å². The van der Waals surface area contributed by atoms with Gasteiger partial charge in [-0.15, -0.1) is 0 Å². The van der Waals surface area contributed by atoms with E-state index < -0.39 is 17.7 Å². The van der Waals surface area contributed by atoms with Gasteiger partial charge in [-0.25, -0.2) is 13.5 Å². The van der Waals surface area contributed by atoms with E-state index in [-0.39, 0.29) is 12.1 Å². The summed E-state index contributed by atoms with van der Waals surface area (Å²) >= 11 is 0. The largest absolute Gasteiger partial charge is 0.322 e. The maximum absolute atomic E-state index is 13.0. The lowest BCUT2D eigenvalue weighted by atomic mass is 10.1. The molecule has 1 heterocycles. The van der Waals surface area contributed by atoms with E-state index in [1.54, 1.807) is 0 Å². The zero-order valence-corrected chi connectivity index (χ0v) is 9.38. The summed E-state index contributed by atoms with van der Waals surface area (Å²) in [4.78, 5) is 11.4. The van der Waals surface area contributed by atoms with Crippen molar-refractivity contribution in [1.29, 1.82) is 0 Å². The van der Waals surface area contributed by atoms with Gasteiger partial charge in [-0.05, 0) is 23.8 Å². The summed E-state index contributed by atoms with van der Waals surface area (Å²) in [5.41, 5.74) is 5.94. The van der Waals surface area contributed by atoms with E-state index in [0.29, 0.717) is 5.56 Å². The van der Waals surface area contributed by atoms with Gasteiger partial charge in [0.25, 0.3) is 5.56 Å². The van der Waals surface area contributed by atoms with Gasteiger partial charge in [0.2, 0.25) is 0 Å². The Morgan fingerprint density at radius 1 is 1.28 bits per heavy atom. The first-order valence-electron chi connectivity index (χ1n) is 5.30. The summed E-state index contributed by atoms with van der Waals surface area (Å²) in [6.45, 7) is 0.102. The average Bonchev–Trinajstić information content (AvgIpc) is 2.35. The molecule has 1 aromatic carbocycles. The lowest BCUT2D eigenvalue weighted by molar-refractivity contribution is 0.486. The van der Waals surface area contributed by atoms with Crippen LogP contribution in [0.5, 0.6) is 0 Å². The Morgan fingerprint density at radius 3 is 2.72 bits per heavy atom. The highest BCUT2D eigenvalue weighted by atomic mass is 19.2. The van der Waals surface area contributed by atoms with Gasteiger partial charge in [0.05, 0.1) is 6.54 Å². The van der Waals surface area contributed by atoms with E-state index in [4.69, 9.17) is 5.73 Å². The fraction of sp³-hybridized carbons (Fsp3) is 0.167. The van der Waals surface area contributed by atoms with Crippen LogP contribution in [-0.2, 0) is 6.54 Å². The second-order valence-electron chi connectivity index (χ2n) is 3.82. The Bertz CT molecular complexity index is 612. The molecule has 0 aliphatic carbocycles. The average molecular weight is 251 g/mol. The summed E-state index contributed by atoms with van der Waals surface area (Å²) < 4.78 is 27.0. The van der Waals surface area contributed by atoms with E-state index in [2.05, 4.69) is 5.10 Å². The molecule has 2 N–H and O–H groups in total. The maximum atomic E-state index is 13.0. The van der Waals surface area contributed by atoms with Gasteiger partial charge in [0.1, 0.15) is 0 Å². The Kier molecular flexibility index (Phi) is 3.47. The molecule has 18 heavy (non-hydrogen) atoms. The first-order chi connectivity index (χ1) is 8.58. The normalized spacial score (nSPS) is 12.4. The second kappa shape index (κ2) is 5.05. The highest BCUT2D eigenvalue weighted by Crippen LogP contribution is 2.15. The predicted octanol–water partition coefficient (Wildman–Crippen LogP) is 1.22. The van der Waals surface area contributed by atoms with Crippen LogP contribution in [0.1, 0.15) is 11.6 Å². The molecule has 0 radical (unpaired) electrons. The standard InChI is InChI=1S/C12H11F2N3O/c13-9-4-3-8(6-10(9)14)11(15)7-17-12(18)2-1-5-16-17/h1-6,11H,7,15H2. The zero-order valence-electron chi connectivity index (χ0n) is 9.38. The third-order valence-electron chi connectivity index (χ3n) is 2.53. The van der Waals surface area contributed by atoms with Crippen LogP contribution < -0.4 is 11.3 Å².